The van der Waals surface area contributed by atoms with Gasteiger partial charge in [0, 0.05) is 38.3 Å². The number of nitrogens with one attached hydrogen (secondary N) is 1. The van der Waals surface area contributed by atoms with E-state index in [1.807, 2.05) is 0 Å². The molecule has 0 bridgehead atoms. The first kappa shape index (κ1) is 12.0. The standard InChI is InChI=1S/C12H18N2O3/c1-17-10-3-2-9(11(15)12(10)16)8-14-6-4-13-5-7-14/h2-3,13,15-16H,4-8H2,1H3. The molecule has 1 fully saturated rings. The molecule has 1 aromatic rings. The maximum Gasteiger partial charge on any atom is 0.200 e. The maximum absolute atomic E-state index is 9.87. The molecule has 1 aromatic carbocycles. The molecule has 1 heterocycles. The van der Waals surface area contributed by atoms with E-state index < -0.39 is 0 Å². The molecule has 5 nitrogen and oxygen atoms in total. The van der Waals surface area contributed by atoms with Crippen molar-refractivity contribution in [3.63, 3.8) is 0 Å². The summed E-state index contributed by atoms with van der Waals surface area (Å²) in [6, 6.07) is 3.46. The number of phenolic OH excluding ortho intramolecular Hbond substituents is 2. The third-order valence-corrected chi connectivity index (χ3v) is 3.02. The Kier molecular flexibility index (Phi) is 3.71. The minimum Gasteiger partial charge on any atom is -0.504 e. The molecule has 3 N–H and O–H groups in total. The second-order valence-electron chi connectivity index (χ2n) is 4.15. The van der Waals surface area contributed by atoms with Crippen LogP contribution < -0.4 is 10.1 Å². The van der Waals surface area contributed by atoms with Crippen molar-refractivity contribution in [2.24, 2.45) is 0 Å². The predicted octanol–water partition coefficient (Wildman–Crippen LogP) is 0.512. The minimum absolute atomic E-state index is 0.0807. The number of rotatable bonds is 3. The SMILES string of the molecule is COc1ccc(CN2CCNCC2)c(O)c1O. The van der Waals surface area contributed by atoms with Crippen molar-refractivity contribution in [1.29, 1.82) is 0 Å². The van der Waals surface area contributed by atoms with Crippen molar-refractivity contribution in [2.75, 3.05) is 33.3 Å². The fourth-order valence-electron chi connectivity index (χ4n) is 2.01. The van der Waals surface area contributed by atoms with Gasteiger partial charge < -0.3 is 20.3 Å². The van der Waals surface area contributed by atoms with Crippen molar-refractivity contribution in [1.82, 2.24) is 10.2 Å². The number of nitrogens with zero attached hydrogens (tertiary/aromatic N) is 1. The molecule has 0 amide bonds. The van der Waals surface area contributed by atoms with Gasteiger partial charge in [-0.25, -0.2) is 0 Å². The van der Waals surface area contributed by atoms with Crippen LogP contribution in [0, 0.1) is 0 Å². The monoisotopic (exact) mass is 238 g/mol. The molecule has 0 atom stereocenters. The Bertz CT molecular complexity index is 390. The van der Waals surface area contributed by atoms with E-state index in [1.54, 1.807) is 12.1 Å². The minimum atomic E-state index is -0.180. The van der Waals surface area contributed by atoms with E-state index in [-0.39, 0.29) is 11.5 Å². The smallest absolute Gasteiger partial charge is 0.200 e. The van der Waals surface area contributed by atoms with Gasteiger partial charge in [0.2, 0.25) is 5.75 Å². The van der Waals surface area contributed by atoms with E-state index in [2.05, 4.69) is 10.2 Å². The zero-order valence-corrected chi connectivity index (χ0v) is 9.94. The molecule has 1 aliphatic rings. The van der Waals surface area contributed by atoms with Gasteiger partial charge in [-0.3, -0.25) is 4.90 Å². The lowest BCUT2D eigenvalue weighted by molar-refractivity contribution is 0.229. The van der Waals surface area contributed by atoms with Crippen molar-refractivity contribution in [2.45, 2.75) is 6.54 Å². The van der Waals surface area contributed by atoms with Gasteiger partial charge in [0.25, 0.3) is 0 Å². The highest BCUT2D eigenvalue weighted by atomic mass is 16.5. The second-order valence-corrected chi connectivity index (χ2v) is 4.15. The summed E-state index contributed by atoms with van der Waals surface area (Å²) in [5.41, 5.74) is 0.727. The van der Waals surface area contributed by atoms with Gasteiger partial charge in [-0.1, -0.05) is 6.07 Å². The largest absolute Gasteiger partial charge is 0.504 e. The van der Waals surface area contributed by atoms with Crippen molar-refractivity contribution < 1.29 is 14.9 Å². The molecular weight excluding hydrogens is 220 g/mol. The van der Waals surface area contributed by atoms with Gasteiger partial charge in [0.05, 0.1) is 7.11 Å². The topological polar surface area (TPSA) is 65.0 Å². The second kappa shape index (κ2) is 5.25. The van der Waals surface area contributed by atoms with Gasteiger partial charge in [-0.05, 0) is 6.07 Å². The first-order valence-electron chi connectivity index (χ1n) is 5.73. The lowest BCUT2D eigenvalue weighted by Crippen LogP contribution is -2.42. The fourth-order valence-corrected chi connectivity index (χ4v) is 2.01. The van der Waals surface area contributed by atoms with Crippen LogP contribution in [0.2, 0.25) is 0 Å². The van der Waals surface area contributed by atoms with E-state index >= 15 is 0 Å². The van der Waals surface area contributed by atoms with Gasteiger partial charge >= 0.3 is 0 Å². The lowest BCUT2D eigenvalue weighted by Gasteiger charge is -2.27. The number of methoxy groups -OCH3 is 1. The molecule has 17 heavy (non-hydrogen) atoms. The molecule has 1 saturated heterocycles. The van der Waals surface area contributed by atoms with Crippen LogP contribution in [-0.4, -0.2) is 48.4 Å². The summed E-state index contributed by atoms with van der Waals surface area (Å²) in [4.78, 5) is 2.23. The Morgan fingerprint density at radius 1 is 1.24 bits per heavy atom. The fraction of sp³-hybridized carbons (Fsp3) is 0.500. The molecule has 1 aliphatic heterocycles. The summed E-state index contributed by atoms with van der Waals surface area (Å²) >= 11 is 0. The summed E-state index contributed by atoms with van der Waals surface area (Å²) < 4.78 is 4.94. The van der Waals surface area contributed by atoms with Gasteiger partial charge in [0.1, 0.15) is 0 Å². The molecule has 0 aromatic heterocycles. The Morgan fingerprint density at radius 3 is 2.59 bits per heavy atom. The average Bonchev–Trinajstić information content (AvgIpc) is 2.37. The quantitative estimate of drug-likeness (QED) is 0.670. The van der Waals surface area contributed by atoms with Crippen molar-refractivity contribution in [3.05, 3.63) is 17.7 Å². The van der Waals surface area contributed by atoms with Gasteiger partial charge in [0.15, 0.2) is 11.5 Å². The van der Waals surface area contributed by atoms with E-state index in [0.29, 0.717) is 12.3 Å². The zero-order chi connectivity index (χ0) is 12.3. The first-order valence-corrected chi connectivity index (χ1v) is 5.73. The highest BCUT2D eigenvalue weighted by molar-refractivity contribution is 5.53. The van der Waals surface area contributed by atoms with E-state index in [4.69, 9.17) is 4.74 Å². The number of ether oxygens (including phenoxy) is 1. The maximum atomic E-state index is 9.87. The summed E-state index contributed by atoms with van der Waals surface area (Å²) in [5.74, 6) is 0.0366. The number of aromatic hydroxyl groups is 2. The van der Waals surface area contributed by atoms with Crippen LogP contribution in [0.3, 0.4) is 0 Å². The Labute approximate surface area is 101 Å². The number of phenols is 2. The third kappa shape index (κ3) is 2.62. The molecule has 2 rings (SSSR count). The number of benzene rings is 1. The Hall–Kier alpha value is -1.46. The summed E-state index contributed by atoms with van der Waals surface area (Å²) in [5, 5.41) is 22.8. The first-order chi connectivity index (χ1) is 8.22. The van der Waals surface area contributed by atoms with E-state index in [9.17, 15) is 10.2 Å². The number of piperazine rings is 1. The number of hydrogen-bond acceptors (Lipinski definition) is 5. The highest BCUT2D eigenvalue weighted by Gasteiger charge is 2.16. The van der Waals surface area contributed by atoms with Crippen LogP contribution >= 0.6 is 0 Å². The van der Waals surface area contributed by atoms with E-state index in [1.165, 1.54) is 7.11 Å². The van der Waals surface area contributed by atoms with Gasteiger partial charge in [-0.2, -0.15) is 0 Å². The van der Waals surface area contributed by atoms with Crippen LogP contribution in [0.25, 0.3) is 0 Å². The van der Waals surface area contributed by atoms with Gasteiger partial charge in [-0.15, -0.1) is 0 Å². The van der Waals surface area contributed by atoms with Crippen LogP contribution in [0.15, 0.2) is 12.1 Å². The van der Waals surface area contributed by atoms with Crippen molar-refractivity contribution in [3.8, 4) is 17.2 Å². The van der Waals surface area contributed by atoms with E-state index in [0.717, 1.165) is 31.7 Å². The normalized spacial score (nSPS) is 17.0. The number of hydrogen-bond donors (Lipinski definition) is 3. The molecule has 0 spiro atoms. The third-order valence-electron chi connectivity index (χ3n) is 3.02. The highest BCUT2D eigenvalue weighted by Crippen LogP contribution is 2.38. The summed E-state index contributed by atoms with van der Waals surface area (Å²) in [6.07, 6.45) is 0. The summed E-state index contributed by atoms with van der Waals surface area (Å²) in [6.45, 7) is 4.47. The summed E-state index contributed by atoms with van der Waals surface area (Å²) in [7, 11) is 1.46. The lowest BCUT2D eigenvalue weighted by atomic mass is 10.1. The van der Waals surface area contributed by atoms with Crippen molar-refractivity contribution >= 4 is 0 Å². The van der Waals surface area contributed by atoms with Crippen LogP contribution in [0.1, 0.15) is 5.56 Å². The molecule has 5 heteroatoms. The molecule has 0 radical (unpaired) electrons. The molecule has 0 aliphatic carbocycles. The Morgan fingerprint density at radius 2 is 1.94 bits per heavy atom. The van der Waals surface area contributed by atoms with Crippen LogP contribution in [-0.2, 0) is 6.54 Å². The zero-order valence-electron chi connectivity index (χ0n) is 9.94. The predicted molar refractivity (Wildman–Crippen MR) is 64.5 cm³/mol. The van der Waals surface area contributed by atoms with Crippen LogP contribution in [0.4, 0.5) is 0 Å². The molecule has 0 saturated carbocycles. The molecule has 94 valence electrons. The molecule has 0 unspecified atom stereocenters. The van der Waals surface area contributed by atoms with Crippen LogP contribution in [0.5, 0.6) is 17.2 Å². The average molecular weight is 238 g/mol. The molecular formula is C12H18N2O3. The Balaban J connectivity index is 2.12.